The Balaban J connectivity index is 2.00. The third-order valence-electron chi connectivity index (χ3n) is 4.14. The normalized spacial score (nSPS) is 12.5. The van der Waals surface area contributed by atoms with Crippen LogP contribution in [0.25, 0.3) is 0 Å². The summed E-state index contributed by atoms with van der Waals surface area (Å²) in [6, 6.07) is 11.8. The van der Waals surface area contributed by atoms with Crippen LogP contribution < -0.4 is 9.46 Å². The molecule has 0 saturated carbocycles. The van der Waals surface area contributed by atoms with Gasteiger partial charge in [0.15, 0.2) is 0 Å². The molecule has 0 aromatic heterocycles. The second-order valence-electron chi connectivity index (χ2n) is 6.78. The molecule has 0 saturated heterocycles. The number of rotatable bonds is 8. The molecule has 0 aliphatic heterocycles. The lowest BCUT2D eigenvalue weighted by molar-refractivity contribution is -0.129. The fourth-order valence-electron chi connectivity index (χ4n) is 2.53. The van der Waals surface area contributed by atoms with Gasteiger partial charge in [0.1, 0.15) is 17.3 Å². The van der Waals surface area contributed by atoms with Crippen LogP contribution in [0.1, 0.15) is 32.4 Å². The molecule has 0 bridgehead atoms. The van der Waals surface area contributed by atoms with Crippen LogP contribution >= 0.6 is 0 Å². The average molecular weight is 408 g/mol. The number of benzene rings is 2. The number of anilines is 1. The van der Waals surface area contributed by atoms with Crippen LogP contribution in [-0.2, 0) is 14.8 Å². The maximum atomic E-state index is 13.1. The Hall–Kier alpha value is -2.61. The van der Waals surface area contributed by atoms with Crippen LogP contribution in [0.15, 0.2) is 48.5 Å². The van der Waals surface area contributed by atoms with Gasteiger partial charge >= 0.3 is 0 Å². The van der Waals surface area contributed by atoms with E-state index >= 15 is 0 Å². The van der Waals surface area contributed by atoms with Crippen LogP contribution in [0, 0.1) is 5.82 Å². The zero-order valence-electron chi connectivity index (χ0n) is 16.3. The third-order valence-corrected chi connectivity index (χ3v) is 5.31. The van der Waals surface area contributed by atoms with E-state index in [9.17, 15) is 17.6 Å². The quantitative estimate of drug-likeness (QED) is 0.725. The van der Waals surface area contributed by atoms with Gasteiger partial charge in [0.05, 0.1) is 12.1 Å². The van der Waals surface area contributed by atoms with Gasteiger partial charge in [-0.25, -0.2) is 12.8 Å². The molecule has 0 aliphatic rings. The monoisotopic (exact) mass is 408 g/mol. The predicted molar refractivity (Wildman–Crippen MR) is 107 cm³/mol. The summed E-state index contributed by atoms with van der Waals surface area (Å²) in [4.78, 5) is 13.7. The predicted octanol–water partition coefficient (Wildman–Crippen LogP) is 3.57. The standard InChI is InChI=1S/C20H25FN2O4S/c1-14(2)27-19-11-9-18(10-12-19)22-28(25,26)13-20(24)23(4)15(3)16-5-7-17(21)8-6-16/h5-12,14-15,22H,13H2,1-4H3/t15-/m0/s1. The van der Waals surface area contributed by atoms with Gasteiger partial charge < -0.3 is 9.64 Å². The van der Waals surface area contributed by atoms with E-state index in [1.807, 2.05) is 13.8 Å². The fourth-order valence-corrected chi connectivity index (χ4v) is 3.63. The number of nitrogens with zero attached hydrogens (tertiary/aromatic N) is 1. The Morgan fingerprint density at radius 3 is 2.18 bits per heavy atom. The van der Waals surface area contributed by atoms with Crippen molar-refractivity contribution in [3.8, 4) is 5.75 Å². The summed E-state index contributed by atoms with van der Waals surface area (Å²) in [6.07, 6.45) is 0.0128. The number of sulfonamides is 1. The van der Waals surface area contributed by atoms with Crippen molar-refractivity contribution in [3.63, 3.8) is 0 Å². The number of carbonyl (C=O) groups is 1. The van der Waals surface area contributed by atoms with Gasteiger partial charge in [0, 0.05) is 12.7 Å². The molecule has 1 amide bonds. The number of hydrogen-bond acceptors (Lipinski definition) is 4. The maximum Gasteiger partial charge on any atom is 0.241 e. The number of hydrogen-bond donors (Lipinski definition) is 1. The molecule has 152 valence electrons. The van der Waals surface area contributed by atoms with Crippen molar-refractivity contribution in [2.75, 3.05) is 17.5 Å². The summed E-state index contributed by atoms with van der Waals surface area (Å²) in [6.45, 7) is 5.54. The fraction of sp³-hybridized carbons (Fsp3) is 0.350. The summed E-state index contributed by atoms with van der Waals surface area (Å²) in [5, 5.41) is 0. The van der Waals surface area contributed by atoms with Crippen LogP contribution in [0.2, 0.25) is 0 Å². The van der Waals surface area contributed by atoms with Crippen molar-refractivity contribution < 1.29 is 22.3 Å². The van der Waals surface area contributed by atoms with E-state index < -0.39 is 27.7 Å². The average Bonchev–Trinajstić information content (AvgIpc) is 2.61. The van der Waals surface area contributed by atoms with Crippen molar-refractivity contribution in [2.45, 2.75) is 32.9 Å². The van der Waals surface area contributed by atoms with Crippen molar-refractivity contribution in [2.24, 2.45) is 0 Å². The smallest absolute Gasteiger partial charge is 0.241 e. The topological polar surface area (TPSA) is 75.7 Å². The van der Waals surface area contributed by atoms with Gasteiger partial charge in [-0.05, 0) is 62.7 Å². The van der Waals surface area contributed by atoms with Crippen molar-refractivity contribution in [3.05, 3.63) is 59.9 Å². The van der Waals surface area contributed by atoms with E-state index in [2.05, 4.69) is 4.72 Å². The Labute approximate surface area is 165 Å². The minimum absolute atomic E-state index is 0.0128. The molecule has 8 heteroatoms. The molecule has 2 rings (SSSR count). The highest BCUT2D eigenvalue weighted by Gasteiger charge is 2.23. The summed E-state index contributed by atoms with van der Waals surface area (Å²) in [7, 11) is -2.36. The first-order valence-corrected chi connectivity index (χ1v) is 10.5. The van der Waals surface area contributed by atoms with E-state index in [1.165, 1.54) is 24.1 Å². The zero-order chi connectivity index (χ0) is 20.9. The molecule has 2 aromatic rings. The van der Waals surface area contributed by atoms with Gasteiger partial charge in [0.2, 0.25) is 15.9 Å². The Bertz CT molecular complexity index is 897. The highest BCUT2D eigenvalue weighted by atomic mass is 32.2. The number of amides is 1. The highest BCUT2D eigenvalue weighted by Crippen LogP contribution is 2.21. The summed E-state index contributed by atoms with van der Waals surface area (Å²) in [5.74, 6) is -1.01. The van der Waals surface area contributed by atoms with Crippen LogP contribution in [0.3, 0.4) is 0 Å². The first kappa shape index (κ1) is 21.7. The largest absolute Gasteiger partial charge is 0.491 e. The molecular weight excluding hydrogens is 383 g/mol. The molecule has 2 aromatic carbocycles. The summed E-state index contributed by atoms with van der Waals surface area (Å²) in [5.41, 5.74) is 1.06. The minimum Gasteiger partial charge on any atom is -0.491 e. The third kappa shape index (κ3) is 6.23. The van der Waals surface area contributed by atoms with Gasteiger partial charge in [-0.2, -0.15) is 0 Å². The van der Waals surface area contributed by atoms with Crippen LogP contribution in [0.5, 0.6) is 5.75 Å². The number of nitrogens with one attached hydrogen (secondary N) is 1. The van der Waals surface area contributed by atoms with E-state index in [1.54, 1.807) is 43.3 Å². The first-order chi connectivity index (χ1) is 13.1. The Morgan fingerprint density at radius 1 is 1.07 bits per heavy atom. The highest BCUT2D eigenvalue weighted by molar-refractivity contribution is 7.93. The molecular formula is C20H25FN2O4S. The SMILES string of the molecule is CC(C)Oc1ccc(NS(=O)(=O)CC(=O)N(C)[C@@H](C)c2ccc(F)cc2)cc1. The number of halogens is 1. The molecule has 1 N–H and O–H groups in total. The van der Waals surface area contributed by atoms with Crippen molar-refractivity contribution in [1.82, 2.24) is 4.90 Å². The number of ether oxygens (including phenoxy) is 1. The second-order valence-corrected chi connectivity index (χ2v) is 8.51. The Morgan fingerprint density at radius 2 is 1.64 bits per heavy atom. The van der Waals surface area contributed by atoms with Gasteiger partial charge in [-0.3, -0.25) is 9.52 Å². The molecule has 0 fully saturated rings. The summed E-state index contributed by atoms with van der Waals surface area (Å²) < 4.78 is 45.6. The molecule has 6 nitrogen and oxygen atoms in total. The molecule has 0 aliphatic carbocycles. The van der Waals surface area contributed by atoms with Crippen molar-refractivity contribution >= 4 is 21.6 Å². The van der Waals surface area contributed by atoms with Gasteiger partial charge in [-0.1, -0.05) is 12.1 Å². The molecule has 0 radical (unpaired) electrons. The molecule has 28 heavy (non-hydrogen) atoms. The van der Waals surface area contributed by atoms with E-state index in [0.29, 0.717) is 17.0 Å². The molecule has 0 spiro atoms. The van der Waals surface area contributed by atoms with Crippen LogP contribution in [-0.4, -0.2) is 38.1 Å². The number of carbonyl (C=O) groups excluding carboxylic acids is 1. The lowest BCUT2D eigenvalue weighted by atomic mass is 10.1. The first-order valence-electron chi connectivity index (χ1n) is 8.86. The minimum atomic E-state index is -3.88. The van der Waals surface area contributed by atoms with Gasteiger partial charge in [0.25, 0.3) is 0 Å². The van der Waals surface area contributed by atoms with E-state index in [4.69, 9.17) is 4.74 Å². The van der Waals surface area contributed by atoms with E-state index in [0.717, 1.165) is 0 Å². The Kier molecular flexibility index (Phi) is 7.01. The molecule has 1 atom stereocenters. The van der Waals surface area contributed by atoms with Gasteiger partial charge in [-0.15, -0.1) is 0 Å². The molecule has 0 heterocycles. The summed E-state index contributed by atoms with van der Waals surface area (Å²) >= 11 is 0. The lowest BCUT2D eigenvalue weighted by Gasteiger charge is -2.25. The molecule has 0 unspecified atom stereocenters. The maximum absolute atomic E-state index is 13.1. The van der Waals surface area contributed by atoms with E-state index in [-0.39, 0.29) is 11.9 Å². The zero-order valence-corrected chi connectivity index (χ0v) is 17.2. The van der Waals surface area contributed by atoms with Crippen LogP contribution in [0.4, 0.5) is 10.1 Å². The second kappa shape index (κ2) is 9.05. The lowest BCUT2D eigenvalue weighted by Crippen LogP contribution is -2.36. The van der Waals surface area contributed by atoms with Crippen molar-refractivity contribution in [1.29, 1.82) is 0 Å².